The van der Waals surface area contributed by atoms with Gasteiger partial charge in [0.05, 0.1) is 0 Å². The van der Waals surface area contributed by atoms with Gasteiger partial charge in [0.2, 0.25) is 0 Å². The summed E-state index contributed by atoms with van der Waals surface area (Å²) in [7, 11) is 4.25. The third kappa shape index (κ3) is 4.16. The molecule has 2 rings (SSSR count). The summed E-state index contributed by atoms with van der Waals surface area (Å²) in [5.74, 6) is 1.06. The van der Waals surface area contributed by atoms with Crippen LogP contribution < -0.4 is 10.6 Å². The highest BCUT2D eigenvalue weighted by molar-refractivity contribution is 5.42. The Hall–Kier alpha value is -1.17. The van der Waals surface area contributed by atoms with Crippen LogP contribution >= 0.6 is 0 Å². The maximum atomic E-state index is 5.94. The van der Waals surface area contributed by atoms with Crippen molar-refractivity contribution in [3.8, 4) is 0 Å². The molecule has 1 aliphatic rings. The molecule has 1 fully saturated rings. The highest BCUT2D eigenvalue weighted by atomic mass is 15.3. The molecule has 2 N–H and O–H groups in total. The van der Waals surface area contributed by atoms with Gasteiger partial charge in [-0.25, -0.2) is 4.98 Å². The zero-order valence-electron chi connectivity index (χ0n) is 12.9. The first kappa shape index (κ1) is 15.2. The lowest BCUT2D eigenvalue weighted by molar-refractivity contribution is 0.229. The Balaban J connectivity index is 1.88. The lowest BCUT2D eigenvalue weighted by atomic mass is 10.1. The first-order chi connectivity index (χ1) is 9.56. The van der Waals surface area contributed by atoms with E-state index in [1.807, 2.05) is 19.2 Å². The average Bonchev–Trinajstić information content (AvgIpc) is 2.46. The quantitative estimate of drug-likeness (QED) is 0.862. The van der Waals surface area contributed by atoms with E-state index >= 15 is 0 Å². The SMILES string of the molecule is C[C@H](N)c1ccnc(N2CCN(CCN(C)C)CC2)c1. The fourth-order valence-electron chi connectivity index (χ4n) is 2.43. The van der Waals surface area contributed by atoms with E-state index in [0.717, 1.165) is 50.6 Å². The Labute approximate surface area is 122 Å². The summed E-state index contributed by atoms with van der Waals surface area (Å²) in [6.07, 6.45) is 1.87. The number of likely N-dealkylation sites (N-methyl/N-ethyl adjacent to an activating group) is 1. The van der Waals surface area contributed by atoms with Gasteiger partial charge in [0.1, 0.15) is 5.82 Å². The molecule has 0 radical (unpaired) electrons. The molecule has 1 saturated heterocycles. The smallest absolute Gasteiger partial charge is 0.128 e. The van der Waals surface area contributed by atoms with Gasteiger partial charge in [-0.3, -0.25) is 4.90 Å². The molecule has 0 unspecified atom stereocenters. The molecule has 0 bridgehead atoms. The van der Waals surface area contributed by atoms with Crippen LogP contribution in [0, 0.1) is 0 Å². The normalized spacial score (nSPS) is 18.6. The number of hydrogen-bond donors (Lipinski definition) is 1. The molecule has 112 valence electrons. The number of anilines is 1. The van der Waals surface area contributed by atoms with Crippen LogP contribution in [0.1, 0.15) is 18.5 Å². The largest absolute Gasteiger partial charge is 0.354 e. The summed E-state index contributed by atoms with van der Waals surface area (Å²) in [6, 6.07) is 4.19. The van der Waals surface area contributed by atoms with Crippen LogP contribution in [0.2, 0.25) is 0 Å². The Morgan fingerprint density at radius 1 is 1.30 bits per heavy atom. The molecule has 2 heterocycles. The van der Waals surface area contributed by atoms with Gasteiger partial charge in [0.25, 0.3) is 0 Å². The van der Waals surface area contributed by atoms with Gasteiger partial charge in [-0.1, -0.05) is 0 Å². The first-order valence-electron chi connectivity index (χ1n) is 7.40. The lowest BCUT2D eigenvalue weighted by Gasteiger charge is -2.36. The Morgan fingerprint density at radius 2 is 2.00 bits per heavy atom. The van der Waals surface area contributed by atoms with Crippen LogP contribution in [-0.4, -0.2) is 68.1 Å². The van der Waals surface area contributed by atoms with E-state index in [9.17, 15) is 0 Å². The zero-order valence-corrected chi connectivity index (χ0v) is 12.9. The van der Waals surface area contributed by atoms with Crippen molar-refractivity contribution in [3.05, 3.63) is 23.9 Å². The number of pyridine rings is 1. The molecule has 0 spiro atoms. The van der Waals surface area contributed by atoms with Crippen LogP contribution in [0.25, 0.3) is 0 Å². The predicted octanol–water partition coefficient (Wildman–Crippen LogP) is 0.785. The van der Waals surface area contributed by atoms with Gasteiger partial charge < -0.3 is 15.5 Å². The molecule has 20 heavy (non-hydrogen) atoms. The van der Waals surface area contributed by atoms with Gasteiger partial charge >= 0.3 is 0 Å². The molecule has 1 atom stereocenters. The molecule has 0 amide bonds. The van der Waals surface area contributed by atoms with E-state index in [0.29, 0.717) is 0 Å². The van der Waals surface area contributed by atoms with E-state index in [1.165, 1.54) is 0 Å². The molecule has 5 heteroatoms. The van der Waals surface area contributed by atoms with Crippen molar-refractivity contribution in [2.24, 2.45) is 5.73 Å². The van der Waals surface area contributed by atoms with E-state index in [4.69, 9.17) is 5.73 Å². The number of hydrogen-bond acceptors (Lipinski definition) is 5. The Morgan fingerprint density at radius 3 is 2.60 bits per heavy atom. The monoisotopic (exact) mass is 277 g/mol. The van der Waals surface area contributed by atoms with E-state index < -0.39 is 0 Å². The fourth-order valence-corrected chi connectivity index (χ4v) is 2.43. The van der Waals surface area contributed by atoms with Crippen molar-refractivity contribution in [3.63, 3.8) is 0 Å². The highest BCUT2D eigenvalue weighted by Crippen LogP contribution is 2.18. The summed E-state index contributed by atoms with van der Waals surface area (Å²) in [5, 5.41) is 0. The summed E-state index contributed by atoms with van der Waals surface area (Å²) in [6.45, 7) is 8.59. The molecule has 0 saturated carbocycles. The van der Waals surface area contributed by atoms with Gasteiger partial charge in [0.15, 0.2) is 0 Å². The molecule has 1 aromatic heterocycles. The number of aromatic nitrogens is 1. The molecular weight excluding hydrogens is 250 g/mol. The second kappa shape index (κ2) is 7.02. The molecular formula is C15H27N5. The minimum Gasteiger partial charge on any atom is -0.354 e. The minimum absolute atomic E-state index is 0.0677. The Kier molecular flexibility index (Phi) is 5.34. The highest BCUT2D eigenvalue weighted by Gasteiger charge is 2.18. The van der Waals surface area contributed by atoms with Gasteiger partial charge in [0, 0.05) is 51.5 Å². The van der Waals surface area contributed by atoms with E-state index in [1.54, 1.807) is 0 Å². The van der Waals surface area contributed by atoms with Crippen LogP contribution in [0.3, 0.4) is 0 Å². The van der Waals surface area contributed by atoms with Crippen LogP contribution in [0.5, 0.6) is 0 Å². The second-order valence-electron chi connectivity index (χ2n) is 5.87. The molecule has 0 aromatic carbocycles. The Bertz CT molecular complexity index is 410. The summed E-state index contributed by atoms with van der Waals surface area (Å²) in [4.78, 5) is 11.6. The van der Waals surface area contributed by atoms with Crippen molar-refractivity contribution < 1.29 is 0 Å². The number of rotatable bonds is 5. The van der Waals surface area contributed by atoms with Crippen LogP contribution in [-0.2, 0) is 0 Å². The van der Waals surface area contributed by atoms with E-state index in [2.05, 4.69) is 39.8 Å². The fraction of sp³-hybridized carbons (Fsp3) is 0.667. The zero-order chi connectivity index (χ0) is 14.5. The van der Waals surface area contributed by atoms with Crippen molar-refractivity contribution in [1.29, 1.82) is 0 Å². The predicted molar refractivity (Wildman–Crippen MR) is 84.0 cm³/mol. The molecule has 0 aliphatic carbocycles. The molecule has 5 nitrogen and oxygen atoms in total. The maximum absolute atomic E-state index is 5.94. The van der Waals surface area contributed by atoms with Crippen molar-refractivity contribution >= 4 is 5.82 Å². The topological polar surface area (TPSA) is 48.6 Å². The second-order valence-corrected chi connectivity index (χ2v) is 5.87. The molecule has 1 aromatic rings. The van der Waals surface area contributed by atoms with E-state index in [-0.39, 0.29) is 6.04 Å². The minimum atomic E-state index is 0.0677. The number of nitrogens with two attached hydrogens (primary N) is 1. The summed E-state index contributed by atoms with van der Waals surface area (Å²) >= 11 is 0. The number of nitrogens with zero attached hydrogens (tertiary/aromatic N) is 4. The van der Waals surface area contributed by atoms with Crippen molar-refractivity contribution in [2.45, 2.75) is 13.0 Å². The lowest BCUT2D eigenvalue weighted by Crippen LogP contribution is -2.48. The van der Waals surface area contributed by atoms with Crippen molar-refractivity contribution in [2.75, 3.05) is 58.3 Å². The number of piperazine rings is 1. The van der Waals surface area contributed by atoms with Crippen molar-refractivity contribution in [1.82, 2.24) is 14.8 Å². The first-order valence-corrected chi connectivity index (χ1v) is 7.40. The molecule has 1 aliphatic heterocycles. The van der Waals surface area contributed by atoms with Crippen LogP contribution in [0.4, 0.5) is 5.82 Å². The van der Waals surface area contributed by atoms with Gasteiger partial charge in [-0.05, 0) is 38.7 Å². The third-order valence-corrected chi connectivity index (χ3v) is 3.86. The summed E-state index contributed by atoms with van der Waals surface area (Å²) in [5.41, 5.74) is 7.10. The standard InChI is InChI=1S/C15H27N5/c1-13(16)14-4-5-17-15(12-14)20-10-8-19(9-11-20)7-6-18(2)3/h4-5,12-13H,6-11,16H2,1-3H3/t13-/m0/s1. The van der Waals surface area contributed by atoms with Crippen LogP contribution in [0.15, 0.2) is 18.3 Å². The maximum Gasteiger partial charge on any atom is 0.128 e. The van der Waals surface area contributed by atoms with Gasteiger partial charge in [-0.2, -0.15) is 0 Å². The third-order valence-electron chi connectivity index (χ3n) is 3.86. The average molecular weight is 277 g/mol. The summed E-state index contributed by atoms with van der Waals surface area (Å²) < 4.78 is 0. The van der Waals surface area contributed by atoms with Gasteiger partial charge in [-0.15, -0.1) is 0 Å².